The van der Waals surface area contributed by atoms with Crippen LogP contribution >= 0.6 is 11.3 Å². The molecule has 25 heavy (non-hydrogen) atoms. The summed E-state index contributed by atoms with van der Waals surface area (Å²) in [5.41, 5.74) is 0.535. The second-order valence-corrected chi connectivity index (χ2v) is 7.33. The van der Waals surface area contributed by atoms with Crippen molar-refractivity contribution in [1.29, 1.82) is 0 Å². The van der Waals surface area contributed by atoms with E-state index in [1.807, 2.05) is 0 Å². The van der Waals surface area contributed by atoms with Gasteiger partial charge in [-0.1, -0.05) is 18.2 Å². The number of carboxylic acid groups (broad SMARTS) is 1. The van der Waals surface area contributed by atoms with Crippen LogP contribution in [-0.2, 0) is 11.2 Å². The number of halogens is 1. The minimum atomic E-state index is -0.866. The Balaban J connectivity index is 1.74. The predicted molar refractivity (Wildman–Crippen MR) is 92.2 cm³/mol. The van der Waals surface area contributed by atoms with Crippen molar-refractivity contribution in [1.82, 2.24) is 9.88 Å². The van der Waals surface area contributed by atoms with Gasteiger partial charge in [-0.25, -0.2) is 9.37 Å². The average Bonchev–Trinajstić information content (AvgIpc) is 3.05. The fraction of sp³-hybridized carbons (Fsp3) is 0.389. The van der Waals surface area contributed by atoms with E-state index in [0.29, 0.717) is 41.3 Å². The first-order chi connectivity index (χ1) is 12.0. The molecule has 132 valence electrons. The number of carboxylic acids is 1. The number of carbonyl (C=O) groups excluding carboxylic acids is 1. The highest BCUT2D eigenvalue weighted by Gasteiger charge is 2.36. The van der Waals surface area contributed by atoms with E-state index in [0.717, 1.165) is 0 Å². The van der Waals surface area contributed by atoms with Crippen LogP contribution in [0.3, 0.4) is 0 Å². The zero-order chi connectivity index (χ0) is 18.0. The molecule has 2 aromatic rings. The summed E-state index contributed by atoms with van der Waals surface area (Å²) in [5, 5.41) is 9.95. The minimum absolute atomic E-state index is 0.198. The zero-order valence-electron chi connectivity index (χ0n) is 13.8. The smallest absolute Gasteiger partial charge is 0.308 e. The van der Waals surface area contributed by atoms with E-state index in [9.17, 15) is 19.1 Å². The van der Waals surface area contributed by atoms with Gasteiger partial charge in [0.1, 0.15) is 10.7 Å². The summed E-state index contributed by atoms with van der Waals surface area (Å²) in [6.45, 7) is 2.32. The average molecular weight is 362 g/mol. The summed E-state index contributed by atoms with van der Waals surface area (Å²) < 4.78 is 13.7. The standard InChI is InChI=1S/C18H19FN2O3S/c1-11-13(18(23)24)6-4-8-21(11)17(22)15-10-20-16(25-15)9-12-5-2-3-7-14(12)19/h2-3,5,7,10-11,13H,4,6,8-9H2,1H3,(H,23,24)/t11-,13-/m1/s1. The predicted octanol–water partition coefficient (Wildman–Crippen LogP) is 3.20. The van der Waals surface area contributed by atoms with Gasteiger partial charge in [0.15, 0.2) is 0 Å². The third-order valence-electron chi connectivity index (χ3n) is 4.63. The van der Waals surface area contributed by atoms with Crippen LogP contribution in [0.4, 0.5) is 4.39 Å². The minimum Gasteiger partial charge on any atom is -0.481 e. The molecular weight excluding hydrogens is 343 g/mol. The van der Waals surface area contributed by atoms with Gasteiger partial charge < -0.3 is 10.0 Å². The van der Waals surface area contributed by atoms with Gasteiger partial charge in [0.25, 0.3) is 5.91 Å². The monoisotopic (exact) mass is 362 g/mol. The van der Waals surface area contributed by atoms with Gasteiger partial charge in [-0.3, -0.25) is 9.59 Å². The van der Waals surface area contributed by atoms with Gasteiger partial charge in [0.05, 0.1) is 17.1 Å². The summed E-state index contributed by atoms with van der Waals surface area (Å²) in [4.78, 5) is 30.4. The zero-order valence-corrected chi connectivity index (χ0v) is 14.6. The third kappa shape index (κ3) is 3.71. The second kappa shape index (κ2) is 7.31. The first-order valence-corrected chi connectivity index (χ1v) is 9.01. The second-order valence-electron chi connectivity index (χ2n) is 6.21. The van der Waals surface area contributed by atoms with E-state index >= 15 is 0 Å². The molecule has 1 aromatic carbocycles. The molecule has 7 heteroatoms. The van der Waals surface area contributed by atoms with Crippen LogP contribution < -0.4 is 0 Å². The number of hydrogen-bond acceptors (Lipinski definition) is 4. The van der Waals surface area contributed by atoms with Crippen LogP contribution in [0.25, 0.3) is 0 Å². The van der Waals surface area contributed by atoms with Crippen molar-refractivity contribution in [3.8, 4) is 0 Å². The maximum absolute atomic E-state index is 13.7. The van der Waals surface area contributed by atoms with Crippen molar-refractivity contribution in [3.05, 3.63) is 51.7 Å². The summed E-state index contributed by atoms with van der Waals surface area (Å²) in [7, 11) is 0. The van der Waals surface area contributed by atoms with E-state index in [-0.39, 0.29) is 17.8 Å². The maximum Gasteiger partial charge on any atom is 0.308 e. The Morgan fingerprint density at radius 1 is 1.40 bits per heavy atom. The molecular formula is C18H19FN2O3S. The Hall–Kier alpha value is -2.28. The quantitative estimate of drug-likeness (QED) is 0.907. The van der Waals surface area contributed by atoms with Crippen molar-refractivity contribution >= 4 is 23.2 Å². The largest absolute Gasteiger partial charge is 0.481 e. The van der Waals surface area contributed by atoms with Crippen LogP contribution in [0.1, 0.15) is 40.0 Å². The van der Waals surface area contributed by atoms with Gasteiger partial charge in [-0.05, 0) is 31.4 Å². The van der Waals surface area contributed by atoms with Crippen molar-refractivity contribution in [2.45, 2.75) is 32.2 Å². The maximum atomic E-state index is 13.7. The lowest BCUT2D eigenvalue weighted by atomic mass is 9.90. The topological polar surface area (TPSA) is 70.5 Å². The number of nitrogens with zero attached hydrogens (tertiary/aromatic N) is 2. The van der Waals surface area contributed by atoms with Crippen molar-refractivity contribution in [3.63, 3.8) is 0 Å². The van der Waals surface area contributed by atoms with Gasteiger partial charge >= 0.3 is 5.97 Å². The van der Waals surface area contributed by atoms with E-state index < -0.39 is 11.9 Å². The lowest BCUT2D eigenvalue weighted by Crippen LogP contribution is -2.48. The highest BCUT2D eigenvalue weighted by molar-refractivity contribution is 7.13. The first kappa shape index (κ1) is 17.5. The van der Waals surface area contributed by atoms with E-state index in [4.69, 9.17) is 0 Å². The fourth-order valence-corrected chi connectivity index (χ4v) is 4.09. The first-order valence-electron chi connectivity index (χ1n) is 8.19. The van der Waals surface area contributed by atoms with Crippen LogP contribution in [-0.4, -0.2) is 39.5 Å². The van der Waals surface area contributed by atoms with Crippen molar-refractivity contribution in [2.75, 3.05) is 6.54 Å². The number of carbonyl (C=O) groups is 2. The lowest BCUT2D eigenvalue weighted by Gasteiger charge is -2.37. The number of thiazole rings is 1. The van der Waals surface area contributed by atoms with Gasteiger partial charge in [-0.2, -0.15) is 0 Å². The number of hydrogen-bond donors (Lipinski definition) is 1. The molecule has 1 aliphatic heterocycles. The highest BCUT2D eigenvalue weighted by atomic mass is 32.1. The highest BCUT2D eigenvalue weighted by Crippen LogP contribution is 2.27. The Bertz CT molecular complexity index is 792. The molecule has 0 saturated carbocycles. The van der Waals surface area contributed by atoms with Crippen LogP contribution in [0.2, 0.25) is 0 Å². The van der Waals surface area contributed by atoms with Crippen LogP contribution in [0.15, 0.2) is 30.5 Å². The van der Waals surface area contributed by atoms with E-state index in [2.05, 4.69) is 4.98 Å². The van der Waals surface area contributed by atoms with E-state index in [1.54, 1.807) is 30.0 Å². The molecule has 0 aliphatic carbocycles. The molecule has 0 radical (unpaired) electrons. The number of likely N-dealkylation sites (tertiary alicyclic amines) is 1. The van der Waals surface area contributed by atoms with Crippen molar-refractivity contribution in [2.24, 2.45) is 5.92 Å². The van der Waals surface area contributed by atoms with Crippen LogP contribution in [0.5, 0.6) is 0 Å². The molecule has 2 atom stereocenters. The molecule has 0 bridgehead atoms. The number of piperidine rings is 1. The molecule has 1 N–H and O–H groups in total. The Morgan fingerprint density at radius 3 is 2.88 bits per heavy atom. The molecule has 1 saturated heterocycles. The van der Waals surface area contributed by atoms with E-state index in [1.165, 1.54) is 23.6 Å². The van der Waals surface area contributed by atoms with Crippen molar-refractivity contribution < 1.29 is 19.1 Å². The Kier molecular flexibility index (Phi) is 5.13. The molecule has 5 nitrogen and oxygen atoms in total. The summed E-state index contributed by atoms with van der Waals surface area (Å²) in [5.74, 6) is -1.90. The summed E-state index contributed by atoms with van der Waals surface area (Å²) in [6.07, 6.45) is 3.09. The Morgan fingerprint density at radius 2 is 2.16 bits per heavy atom. The fourth-order valence-electron chi connectivity index (χ4n) is 3.20. The Labute approximate surface area is 149 Å². The molecule has 3 rings (SSSR count). The molecule has 2 heterocycles. The third-order valence-corrected chi connectivity index (χ3v) is 5.62. The molecule has 1 aliphatic rings. The van der Waals surface area contributed by atoms with Gasteiger partial charge in [0, 0.05) is 19.0 Å². The molecule has 1 amide bonds. The SMILES string of the molecule is C[C@@H]1[C@H](C(=O)O)CCCN1C(=O)c1cnc(Cc2ccccc2F)s1. The lowest BCUT2D eigenvalue weighted by molar-refractivity contribution is -0.144. The summed E-state index contributed by atoms with van der Waals surface area (Å²) in [6, 6.07) is 6.14. The molecule has 1 fully saturated rings. The van der Waals surface area contributed by atoms with Crippen LogP contribution in [0, 0.1) is 11.7 Å². The number of benzene rings is 1. The summed E-state index contributed by atoms with van der Waals surface area (Å²) >= 11 is 1.23. The van der Waals surface area contributed by atoms with Gasteiger partial charge in [0.2, 0.25) is 0 Å². The molecule has 0 unspecified atom stereocenters. The number of aromatic nitrogens is 1. The number of rotatable bonds is 4. The normalized spacial score (nSPS) is 20.5. The molecule has 0 spiro atoms. The number of aliphatic carboxylic acids is 1. The molecule has 1 aromatic heterocycles. The number of amides is 1. The van der Waals surface area contributed by atoms with Gasteiger partial charge in [-0.15, -0.1) is 11.3 Å².